The van der Waals surface area contributed by atoms with Gasteiger partial charge in [-0.25, -0.2) is 9.97 Å². The van der Waals surface area contributed by atoms with Crippen molar-refractivity contribution in [3.8, 4) is 11.8 Å². The van der Waals surface area contributed by atoms with Crippen LogP contribution >= 0.6 is 0 Å². The molecular weight excluding hydrogens is 373 g/mol. The van der Waals surface area contributed by atoms with Gasteiger partial charge in [0.15, 0.2) is 0 Å². The first kappa shape index (κ1) is 21.7. The van der Waals surface area contributed by atoms with Crippen molar-refractivity contribution in [3.05, 3.63) is 29.6 Å². The molecule has 0 spiro atoms. The van der Waals surface area contributed by atoms with Crippen LogP contribution in [0.5, 0.6) is 11.8 Å². The Balaban J connectivity index is 2.37. The molecule has 28 heavy (non-hydrogen) atoms. The number of alkyl halides is 3. The Morgan fingerprint density at radius 2 is 1.79 bits per heavy atom. The van der Waals surface area contributed by atoms with Crippen LogP contribution < -0.4 is 14.8 Å². The van der Waals surface area contributed by atoms with Crippen molar-refractivity contribution in [3.63, 3.8) is 0 Å². The Morgan fingerprint density at radius 3 is 2.36 bits per heavy atom. The molecule has 0 unspecified atom stereocenters. The lowest BCUT2D eigenvalue weighted by Gasteiger charge is -2.20. The average molecular weight is 398 g/mol. The molecule has 2 rings (SSSR count). The Kier molecular flexibility index (Phi) is 7.42. The Hall–Kier alpha value is -2.58. The minimum Gasteiger partial charge on any atom is -0.481 e. The van der Waals surface area contributed by atoms with Crippen LogP contribution in [-0.2, 0) is 6.18 Å². The maximum Gasteiger partial charge on any atom is 0.423 e. The van der Waals surface area contributed by atoms with Crippen molar-refractivity contribution < 1.29 is 22.6 Å². The van der Waals surface area contributed by atoms with Crippen molar-refractivity contribution in [1.29, 1.82) is 0 Å². The van der Waals surface area contributed by atoms with E-state index in [1.165, 1.54) is 7.11 Å². The fourth-order valence-corrected chi connectivity index (χ4v) is 2.65. The first-order valence-electron chi connectivity index (χ1n) is 9.17. The highest BCUT2D eigenvalue weighted by Gasteiger charge is 2.37. The molecule has 2 aromatic rings. The third-order valence-corrected chi connectivity index (χ3v) is 4.09. The number of nitrogens with one attached hydrogen (secondary N) is 1. The molecule has 0 radical (unpaired) electrons. The molecule has 0 aromatic carbocycles. The van der Waals surface area contributed by atoms with Gasteiger partial charge in [0.1, 0.15) is 11.7 Å². The molecule has 0 aliphatic heterocycles. The molecule has 0 fully saturated rings. The highest BCUT2D eigenvalue weighted by atomic mass is 19.4. The van der Waals surface area contributed by atoms with Gasteiger partial charge in [0.25, 0.3) is 0 Å². The van der Waals surface area contributed by atoms with E-state index in [2.05, 4.69) is 20.3 Å². The number of aromatic nitrogens is 3. The standard InChI is InChI=1S/C19H25F3N4O2/c1-5-7-13(8-6-2)28-17-14(19(20,21)22)11-24-18(26-17)25-15-9-16(27-4)23-10-12(15)3/h9-11,13H,5-8H2,1-4H3,(H,23,24,25,26). The summed E-state index contributed by atoms with van der Waals surface area (Å²) < 4.78 is 50.9. The molecule has 0 aliphatic rings. The summed E-state index contributed by atoms with van der Waals surface area (Å²) in [6.07, 6.45) is 0.302. The summed E-state index contributed by atoms with van der Waals surface area (Å²) in [7, 11) is 1.48. The van der Waals surface area contributed by atoms with E-state index in [4.69, 9.17) is 9.47 Å². The van der Waals surface area contributed by atoms with E-state index >= 15 is 0 Å². The smallest absolute Gasteiger partial charge is 0.423 e. The molecule has 0 saturated heterocycles. The fourth-order valence-electron chi connectivity index (χ4n) is 2.65. The summed E-state index contributed by atoms with van der Waals surface area (Å²) in [4.78, 5) is 11.9. The van der Waals surface area contributed by atoms with Crippen LogP contribution in [0.1, 0.15) is 50.7 Å². The quantitative estimate of drug-likeness (QED) is 0.618. The SMILES string of the molecule is CCCC(CCC)Oc1nc(Nc2cc(OC)ncc2C)ncc1C(F)(F)F. The molecule has 0 atom stereocenters. The molecule has 0 bridgehead atoms. The van der Waals surface area contributed by atoms with Crippen LogP contribution in [0, 0.1) is 6.92 Å². The summed E-state index contributed by atoms with van der Waals surface area (Å²) in [6, 6.07) is 1.62. The normalized spacial score (nSPS) is 11.6. The third-order valence-electron chi connectivity index (χ3n) is 4.09. The second kappa shape index (κ2) is 9.57. The summed E-state index contributed by atoms with van der Waals surface area (Å²) in [5.41, 5.74) is 0.358. The number of anilines is 2. The largest absolute Gasteiger partial charge is 0.481 e. The van der Waals surface area contributed by atoms with Crippen LogP contribution in [0.2, 0.25) is 0 Å². The lowest BCUT2D eigenvalue weighted by atomic mass is 10.1. The predicted octanol–water partition coefficient (Wildman–Crippen LogP) is 5.30. The van der Waals surface area contributed by atoms with E-state index < -0.39 is 17.6 Å². The zero-order valence-corrected chi connectivity index (χ0v) is 16.4. The summed E-state index contributed by atoms with van der Waals surface area (Å²) in [5, 5.41) is 2.91. The number of hydrogen-bond donors (Lipinski definition) is 1. The second-order valence-electron chi connectivity index (χ2n) is 6.39. The number of rotatable bonds is 9. The third kappa shape index (κ3) is 5.71. The lowest BCUT2D eigenvalue weighted by Crippen LogP contribution is -2.20. The zero-order valence-electron chi connectivity index (χ0n) is 16.4. The number of methoxy groups -OCH3 is 1. The lowest BCUT2D eigenvalue weighted by molar-refractivity contribution is -0.140. The van der Waals surface area contributed by atoms with Gasteiger partial charge in [0, 0.05) is 18.5 Å². The number of nitrogens with zero attached hydrogens (tertiary/aromatic N) is 3. The van der Waals surface area contributed by atoms with Gasteiger partial charge in [0.05, 0.1) is 12.8 Å². The van der Waals surface area contributed by atoms with Gasteiger partial charge in [-0.3, -0.25) is 0 Å². The van der Waals surface area contributed by atoms with E-state index in [9.17, 15) is 13.2 Å². The van der Waals surface area contributed by atoms with Gasteiger partial charge < -0.3 is 14.8 Å². The Bertz CT molecular complexity index is 778. The van der Waals surface area contributed by atoms with Crippen molar-refractivity contribution in [1.82, 2.24) is 15.0 Å². The molecule has 0 saturated carbocycles. The molecule has 0 amide bonds. The number of ether oxygens (including phenoxy) is 2. The summed E-state index contributed by atoms with van der Waals surface area (Å²) in [5.74, 6) is -0.0934. The van der Waals surface area contributed by atoms with Gasteiger partial charge >= 0.3 is 6.18 Å². The highest BCUT2D eigenvalue weighted by molar-refractivity contribution is 5.59. The Labute approximate surface area is 162 Å². The van der Waals surface area contributed by atoms with Gasteiger partial charge in [-0.05, 0) is 25.3 Å². The van der Waals surface area contributed by atoms with Crippen LogP contribution in [0.25, 0.3) is 0 Å². The first-order chi connectivity index (χ1) is 13.3. The van der Waals surface area contributed by atoms with E-state index in [-0.39, 0.29) is 12.1 Å². The molecule has 9 heteroatoms. The summed E-state index contributed by atoms with van der Waals surface area (Å²) >= 11 is 0. The number of pyridine rings is 1. The van der Waals surface area contributed by atoms with Gasteiger partial charge in [-0.1, -0.05) is 26.7 Å². The monoisotopic (exact) mass is 398 g/mol. The summed E-state index contributed by atoms with van der Waals surface area (Å²) in [6.45, 7) is 5.72. The maximum absolute atomic E-state index is 13.4. The van der Waals surface area contributed by atoms with E-state index in [1.807, 2.05) is 13.8 Å². The molecular formula is C19H25F3N4O2. The van der Waals surface area contributed by atoms with E-state index in [1.54, 1.807) is 19.2 Å². The van der Waals surface area contributed by atoms with Crippen LogP contribution in [0.4, 0.5) is 24.8 Å². The fraction of sp³-hybridized carbons (Fsp3) is 0.526. The van der Waals surface area contributed by atoms with Gasteiger partial charge in [-0.2, -0.15) is 18.2 Å². The van der Waals surface area contributed by atoms with E-state index in [0.29, 0.717) is 24.4 Å². The van der Waals surface area contributed by atoms with Crippen LogP contribution in [0.3, 0.4) is 0 Å². The molecule has 1 N–H and O–H groups in total. The number of halogens is 3. The second-order valence-corrected chi connectivity index (χ2v) is 6.39. The van der Waals surface area contributed by atoms with Crippen molar-refractivity contribution >= 4 is 11.6 Å². The van der Waals surface area contributed by atoms with Crippen molar-refractivity contribution in [2.24, 2.45) is 0 Å². The van der Waals surface area contributed by atoms with Gasteiger partial charge in [0.2, 0.25) is 17.7 Å². The number of hydrogen-bond acceptors (Lipinski definition) is 6. The highest BCUT2D eigenvalue weighted by Crippen LogP contribution is 2.36. The van der Waals surface area contributed by atoms with Crippen LogP contribution in [-0.4, -0.2) is 28.2 Å². The maximum atomic E-state index is 13.4. The van der Waals surface area contributed by atoms with E-state index in [0.717, 1.165) is 24.6 Å². The van der Waals surface area contributed by atoms with Gasteiger partial charge in [-0.15, -0.1) is 0 Å². The molecule has 154 valence electrons. The molecule has 6 nitrogen and oxygen atoms in total. The predicted molar refractivity (Wildman–Crippen MR) is 100 cm³/mol. The van der Waals surface area contributed by atoms with Crippen molar-refractivity contribution in [2.45, 2.75) is 58.7 Å². The minimum atomic E-state index is -4.60. The first-order valence-corrected chi connectivity index (χ1v) is 9.17. The topological polar surface area (TPSA) is 69.2 Å². The Morgan fingerprint density at radius 1 is 1.11 bits per heavy atom. The zero-order chi connectivity index (χ0) is 20.7. The molecule has 2 aromatic heterocycles. The molecule has 0 aliphatic carbocycles. The molecule has 2 heterocycles. The van der Waals surface area contributed by atoms with Crippen molar-refractivity contribution in [2.75, 3.05) is 12.4 Å². The van der Waals surface area contributed by atoms with Crippen LogP contribution in [0.15, 0.2) is 18.5 Å². The minimum absolute atomic E-state index is 0.00565. The number of aryl methyl sites for hydroxylation is 1. The average Bonchev–Trinajstić information content (AvgIpc) is 2.63.